The Kier molecular flexibility index (Phi) is 2.28. The summed E-state index contributed by atoms with van der Waals surface area (Å²) in [7, 11) is 0. The summed E-state index contributed by atoms with van der Waals surface area (Å²) in [5, 5.41) is 10.1. The van der Waals surface area contributed by atoms with Crippen molar-refractivity contribution < 1.29 is 0 Å². The molecule has 3 nitrogen and oxygen atoms in total. The van der Waals surface area contributed by atoms with Gasteiger partial charge in [-0.2, -0.15) is 5.26 Å². The number of hydrogen-bond donors (Lipinski definition) is 1. The normalized spacial score (nSPS) is 10.4. The maximum Gasteiger partial charge on any atom is 0.127 e. The number of rotatable bonds is 1. The van der Waals surface area contributed by atoms with Crippen molar-refractivity contribution in [1.82, 2.24) is 4.57 Å². The van der Waals surface area contributed by atoms with E-state index in [9.17, 15) is 5.26 Å². The van der Waals surface area contributed by atoms with Gasteiger partial charge in [0.2, 0.25) is 0 Å². The zero-order chi connectivity index (χ0) is 12.5. The Balaban J connectivity index is 2.44. The van der Waals surface area contributed by atoms with Gasteiger partial charge in [0.1, 0.15) is 17.5 Å². The molecule has 0 radical (unpaired) electrons. The molecule has 0 fully saturated rings. The van der Waals surface area contributed by atoms with Gasteiger partial charge < -0.3 is 5.73 Å². The molecule has 0 aliphatic heterocycles. The van der Waals surface area contributed by atoms with E-state index in [-0.39, 0.29) is 0 Å². The second-order valence-electron chi connectivity index (χ2n) is 4.06. The highest BCUT2D eigenvalue weighted by Crippen LogP contribution is 2.30. The average molecular weight is 233 g/mol. The molecule has 0 amide bonds. The largest absolute Gasteiger partial charge is 0.384 e. The number of nitrogens with zero attached hydrogens (tertiary/aromatic N) is 2. The number of nitrogen functional groups attached to an aromatic ring is 1. The van der Waals surface area contributed by atoms with Gasteiger partial charge in [-0.3, -0.25) is 4.57 Å². The van der Waals surface area contributed by atoms with Crippen molar-refractivity contribution in [3.05, 3.63) is 60.2 Å². The highest BCUT2D eigenvalue weighted by atomic mass is 15.1. The van der Waals surface area contributed by atoms with E-state index in [0.29, 0.717) is 11.4 Å². The van der Waals surface area contributed by atoms with E-state index in [0.717, 1.165) is 16.6 Å². The van der Waals surface area contributed by atoms with Crippen molar-refractivity contribution in [3.8, 4) is 11.8 Å². The summed E-state index contributed by atoms with van der Waals surface area (Å²) in [6.45, 7) is 0. The van der Waals surface area contributed by atoms with Crippen LogP contribution in [-0.4, -0.2) is 4.57 Å². The molecule has 2 N–H and O–H groups in total. The lowest BCUT2D eigenvalue weighted by Crippen LogP contribution is -2.00. The molecular weight excluding hydrogens is 222 g/mol. The van der Waals surface area contributed by atoms with Gasteiger partial charge in [0.15, 0.2) is 0 Å². The highest BCUT2D eigenvalue weighted by Gasteiger charge is 2.14. The van der Waals surface area contributed by atoms with Crippen molar-refractivity contribution in [2.24, 2.45) is 0 Å². The minimum Gasteiger partial charge on any atom is -0.384 e. The summed E-state index contributed by atoms with van der Waals surface area (Å²) in [5.41, 5.74) is 8.56. The Morgan fingerprint density at radius 1 is 0.944 bits per heavy atom. The fourth-order valence-corrected chi connectivity index (χ4v) is 2.23. The van der Waals surface area contributed by atoms with Crippen LogP contribution in [0.25, 0.3) is 16.6 Å². The molecule has 0 aliphatic carbocycles. The Morgan fingerprint density at radius 3 is 2.33 bits per heavy atom. The van der Waals surface area contributed by atoms with Gasteiger partial charge in [0.05, 0.1) is 5.52 Å². The van der Waals surface area contributed by atoms with Crippen LogP contribution in [0.4, 0.5) is 5.82 Å². The minimum absolute atomic E-state index is 0.491. The predicted molar refractivity (Wildman–Crippen MR) is 72.4 cm³/mol. The first kappa shape index (κ1) is 10.4. The van der Waals surface area contributed by atoms with Gasteiger partial charge in [0, 0.05) is 11.1 Å². The molecular formula is C15H11N3. The van der Waals surface area contributed by atoms with Crippen LogP contribution in [0.15, 0.2) is 54.6 Å². The molecule has 0 atom stereocenters. The third-order valence-electron chi connectivity index (χ3n) is 3.04. The molecule has 18 heavy (non-hydrogen) atoms. The van der Waals surface area contributed by atoms with Gasteiger partial charge in [-0.25, -0.2) is 0 Å². The van der Waals surface area contributed by atoms with Crippen molar-refractivity contribution in [2.75, 3.05) is 5.73 Å². The molecule has 0 spiro atoms. The summed E-state index contributed by atoms with van der Waals surface area (Å²) >= 11 is 0. The molecule has 3 heteroatoms. The Bertz CT molecular complexity index is 748. The lowest BCUT2D eigenvalue weighted by atomic mass is 10.2. The monoisotopic (exact) mass is 233 g/mol. The topological polar surface area (TPSA) is 54.7 Å². The summed E-state index contributed by atoms with van der Waals surface area (Å²) in [4.78, 5) is 0. The summed E-state index contributed by atoms with van der Waals surface area (Å²) in [6, 6.07) is 19.8. The second kappa shape index (κ2) is 3.94. The lowest BCUT2D eigenvalue weighted by molar-refractivity contribution is 1.14. The van der Waals surface area contributed by atoms with Crippen LogP contribution in [0.1, 0.15) is 5.56 Å². The van der Waals surface area contributed by atoms with Crippen LogP contribution < -0.4 is 5.73 Å². The fourth-order valence-electron chi connectivity index (χ4n) is 2.23. The van der Waals surface area contributed by atoms with E-state index in [1.807, 2.05) is 59.2 Å². The molecule has 0 bridgehead atoms. The number of para-hydroxylation sites is 2. The number of aromatic nitrogens is 1. The molecule has 0 saturated carbocycles. The molecule has 0 unspecified atom stereocenters. The van der Waals surface area contributed by atoms with Gasteiger partial charge in [-0.05, 0) is 18.2 Å². The Morgan fingerprint density at radius 2 is 1.61 bits per heavy atom. The molecule has 2 aromatic carbocycles. The second-order valence-corrected chi connectivity index (χ2v) is 4.06. The number of anilines is 1. The lowest BCUT2D eigenvalue weighted by Gasteiger charge is -2.07. The van der Waals surface area contributed by atoms with Crippen molar-refractivity contribution in [3.63, 3.8) is 0 Å². The number of benzene rings is 2. The molecule has 86 valence electrons. The van der Waals surface area contributed by atoms with Crippen LogP contribution in [0.3, 0.4) is 0 Å². The van der Waals surface area contributed by atoms with E-state index in [4.69, 9.17) is 5.73 Å². The van der Waals surface area contributed by atoms with Crippen molar-refractivity contribution in [2.45, 2.75) is 0 Å². The molecule has 0 aliphatic rings. The van der Waals surface area contributed by atoms with Gasteiger partial charge in [-0.1, -0.05) is 36.4 Å². The van der Waals surface area contributed by atoms with Gasteiger partial charge >= 0.3 is 0 Å². The number of fused-ring (bicyclic) bond motifs is 1. The average Bonchev–Trinajstić information content (AvgIpc) is 2.71. The molecule has 1 heterocycles. The van der Waals surface area contributed by atoms with Crippen LogP contribution in [0.5, 0.6) is 0 Å². The third kappa shape index (κ3) is 1.36. The first-order chi connectivity index (χ1) is 8.83. The molecule has 3 aromatic rings. The van der Waals surface area contributed by atoms with Crippen LogP contribution in [-0.2, 0) is 0 Å². The Hall–Kier alpha value is -2.73. The summed E-state index contributed by atoms with van der Waals surface area (Å²) in [5.74, 6) is 0.491. The van der Waals surface area contributed by atoms with E-state index >= 15 is 0 Å². The Labute approximate surface area is 105 Å². The molecule has 0 saturated heterocycles. The standard InChI is InChI=1S/C15H11N3/c16-10-13-12-8-4-5-9-14(12)18(15(13)17)11-6-2-1-3-7-11/h1-9H,17H2. The highest BCUT2D eigenvalue weighted by molar-refractivity contribution is 5.93. The summed E-state index contributed by atoms with van der Waals surface area (Å²) in [6.07, 6.45) is 0. The first-order valence-corrected chi connectivity index (χ1v) is 5.67. The SMILES string of the molecule is N#Cc1c(N)n(-c2ccccc2)c2ccccc12. The minimum atomic E-state index is 0.491. The van der Waals surface area contributed by atoms with Gasteiger partial charge in [-0.15, -0.1) is 0 Å². The maximum absolute atomic E-state index is 9.23. The van der Waals surface area contributed by atoms with Crippen molar-refractivity contribution in [1.29, 1.82) is 5.26 Å². The number of nitriles is 1. The number of hydrogen-bond acceptors (Lipinski definition) is 2. The maximum atomic E-state index is 9.23. The zero-order valence-corrected chi connectivity index (χ0v) is 9.67. The summed E-state index contributed by atoms with van der Waals surface area (Å²) < 4.78 is 1.91. The van der Waals surface area contributed by atoms with Crippen LogP contribution in [0.2, 0.25) is 0 Å². The third-order valence-corrected chi connectivity index (χ3v) is 3.04. The van der Waals surface area contributed by atoms with E-state index in [1.54, 1.807) is 0 Å². The quantitative estimate of drug-likeness (QED) is 0.702. The molecule has 1 aromatic heterocycles. The number of nitrogens with two attached hydrogens (primary N) is 1. The predicted octanol–water partition coefficient (Wildman–Crippen LogP) is 3.08. The van der Waals surface area contributed by atoms with Crippen LogP contribution >= 0.6 is 0 Å². The van der Waals surface area contributed by atoms with Crippen LogP contribution in [0, 0.1) is 11.3 Å². The van der Waals surface area contributed by atoms with E-state index < -0.39 is 0 Å². The van der Waals surface area contributed by atoms with Gasteiger partial charge in [0.25, 0.3) is 0 Å². The van der Waals surface area contributed by atoms with E-state index in [1.165, 1.54) is 0 Å². The fraction of sp³-hybridized carbons (Fsp3) is 0. The van der Waals surface area contributed by atoms with Crippen molar-refractivity contribution >= 4 is 16.7 Å². The first-order valence-electron chi connectivity index (χ1n) is 5.67. The zero-order valence-electron chi connectivity index (χ0n) is 9.67. The smallest absolute Gasteiger partial charge is 0.127 e. The molecule has 3 rings (SSSR count). The van der Waals surface area contributed by atoms with E-state index in [2.05, 4.69) is 6.07 Å².